The van der Waals surface area contributed by atoms with Crippen LogP contribution in [0.2, 0.25) is 0 Å². The minimum atomic E-state index is -0.168. The number of methoxy groups -OCH3 is 1. The summed E-state index contributed by atoms with van der Waals surface area (Å²) in [5.74, 6) is 1.60. The molecule has 0 fully saturated rings. The Morgan fingerprint density at radius 1 is 1.17 bits per heavy atom. The first-order chi connectivity index (χ1) is 11.0. The third-order valence-electron chi connectivity index (χ3n) is 3.33. The molecule has 1 aromatic rings. The molecule has 0 aliphatic heterocycles. The maximum atomic E-state index is 5.75. The second kappa shape index (κ2) is 10.1. The average Bonchev–Trinajstić information content (AvgIpc) is 2.53. The summed E-state index contributed by atoms with van der Waals surface area (Å²) in [7, 11) is 1.71. The minimum Gasteiger partial charge on any atom is -0.493 e. The highest BCUT2D eigenvalue weighted by atomic mass is 16.6. The predicted octanol–water partition coefficient (Wildman–Crippen LogP) is 4.06. The Labute approximate surface area is 139 Å². The molecule has 0 N–H and O–H groups in total. The highest BCUT2D eigenvalue weighted by molar-refractivity contribution is 5.55. The number of nitrogens with zero attached hydrogens (tertiary/aromatic N) is 1. The van der Waals surface area contributed by atoms with Crippen molar-refractivity contribution in [3.8, 4) is 11.5 Å². The van der Waals surface area contributed by atoms with Gasteiger partial charge in [0.1, 0.15) is 17.6 Å². The molecule has 1 unspecified atom stereocenters. The Bertz CT molecular complexity index is 457. The Balaban J connectivity index is 2.34. The molecular weight excluding hydrogens is 294 g/mol. The van der Waals surface area contributed by atoms with Crippen molar-refractivity contribution in [3.05, 3.63) is 24.3 Å². The zero-order valence-corrected chi connectivity index (χ0v) is 14.9. The molecule has 0 spiro atoms. The van der Waals surface area contributed by atoms with Crippen LogP contribution in [0, 0.1) is 0 Å². The Morgan fingerprint density at radius 2 is 1.83 bits per heavy atom. The lowest BCUT2D eigenvalue weighted by Gasteiger charge is -2.22. The van der Waals surface area contributed by atoms with E-state index in [2.05, 4.69) is 5.16 Å². The second-order valence-electron chi connectivity index (χ2n) is 5.95. The van der Waals surface area contributed by atoms with Crippen molar-refractivity contribution in [1.29, 1.82) is 0 Å². The molecule has 0 heterocycles. The molecular formula is C18H29NO4. The third-order valence-corrected chi connectivity index (χ3v) is 3.33. The standard InChI is InChI=1S/C18H29NO4/c1-6-12-19-22-14-15(2)23-17-9-7-16(8-10-17)21-13-11-18(3,4)20-5/h7-10,12,15H,6,11,13-14H2,1-5H3. The van der Waals surface area contributed by atoms with E-state index >= 15 is 0 Å². The van der Waals surface area contributed by atoms with E-state index in [0.29, 0.717) is 13.2 Å². The van der Waals surface area contributed by atoms with Crippen molar-refractivity contribution >= 4 is 6.21 Å². The van der Waals surface area contributed by atoms with Gasteiger partial charge in [-0.25, -0.2) is 0 Å². The van der Waals surface area contributed by atoms with Gasteiger partial charge >= 0.3 is 0 Å². The molecule has 1 rings (SSSR count). The van der Waals surface area contributed by atoms with Crippen molar-refractivity contribution in [2.45, 2.75) is 52.2 Å². The fourth-order valence-corrected chi connectivity index (χ4v) is 1.67. The van der Waals surface area contributed by atoms with E-state index in [1.807, 2.05) is 52.0 Å². The van der Waals surface area contributed by atoms with Crippen molar-refractivity contribution in [3.63, 3.8) is 0 Å². The first-order valence-electron chi connectivity index (χ1n) is 8.05. The van der Waals surface area contributed by atoms with Gasteiger partial charge in [0.25, 0.3) is 0 Å². The summed E-state index contributed by atoms with van der Waals surface area (Å²) >= 11 is 0. The van der Waals surface area contributed by atoms with E-state index in [1.165, 1.54) is 0 Å². The fraction of sp³-hybridized carbons (Fsp3) is 0.611. The highest BCUT2D eigenvalue weighted by Crippen LogP contribution is 2.20. The quantitative estimate of drug-likeness (QED) is 0.455. The van der Waals surface area contributed by atoms with Gasteiger partial charge in [0.15, 0.2) is 6.61 Å². The fourth-order valence-electron chi connectivity index (χ4n) is 1.67. The van der Waals surface area contributed by atoms with Crippen LogP contribution >= 0.6 is 0 Å². The van der Waals surface area contributed by atoms with Gasteiger partial charge in [-0.05, 0) is 51.5 Å². The molecule has 1 aromatic carbocycles. The molecule has 130 valence electrons. The lowest BCUT2D eigenvalue weighted by Crippen LogP contribution is -2.25. The van der Waals surface area contributed by atoms with Gasteiger partial charge in [-0.1, -0.05) is 12.1 Å². The first kappa shape index (κ1) is 19.3. The van der Waals surface area contributed by atoms with Crippen LogP contribution in [0.25, 0.3) is 0 Å². The summed E-state index contributed by atoms with van der Waals surface area (Å²) in [5.41, 5.74) is -0.168. The molecule has 23 heavy (non-hydrogen) atoms. The van der Waals surface area contributed by atoms with Gasteiger partial charge in [0.05, 0.1) is 12.2 Å². The van der Waals surface area contributed by atoms with Gasteiger partial charge < -0.3 is 19.0 Å². The van der Waals surface area contributed by atoms with Crippen LogP contribution < -0.4 is 9.47 Å². The summed E-state index contributed by atoms with van der Waals surface area (Å²) in [6.45, 7) is 9.07. The Morgan fingerprint density at radius 3 is 2.43 bits per heavy atom. The van der Waals surface area contributed by atoms with E-state index in [4.69, 9.17) is 19.0 Å². The van der Waals surface area contributed by atoms with Crippen LogP contribution in [-0.4, -0.2) is 38.2 Å². The zero-order valence-electron chi connectivity index (χ0n) is 14.9. The summed E-state index contributed by atoms with van der Waals surface area (Å²) < 4.78 is 16.8. The molecule has 0 radical (unpaired) electrons. The van der Waals surface area contributed by atoms with Crippen molar-refractivity contribution < 1.29 is 19.0 Å². The molecule has 5 nitrogen and oxygen atoms in total. The number of hydrogen-bond acceptors (Lipinski definition) is 5. The molecule has 5 heteroatoms. The van der Waals surface area contributed by atoms with Crippen LogP contribution in [0.15, 0.2) is 29.4 Å². The number of oxime groups is 1. The molecule has 0 aliphatic rings. The van der Waals surface area contributed by atoms with Crippen LogP contribution in [-0.2, 0) is 9.57 Å². The van der Waals surface area contributed by atoms with Gasteiger partial charge in [-0.15, -0.1) is 0 Å². The molecule has 0 bridgehead atoms. The Kier molecular flexibility index (Phi) is 8.48. The van der Waals surface area contributed by atoms with Crippen LogP contribution in [0.4, 0.5) is 0 Å². The number of rotatable bonds is 11. The lowest BCUT2D eigenvalue weighted by atomic mass is 10.1. The topological polar surface area (TPSA) is 49.3 Å². The van der Waals surface area contributed by atoms with Crippen molar-refractivity contribution in [2.24, 2.45) is 5.16 Å². The van der Waals surface area contributed by atoms with Crippen molar-refractivity contribution in [2.75, 3.05) is 20.3 Å². The first-order valence-corrected chi connectivity index (χ1v) is 8.05. The van der Waals surface area contributed by atoms with E-state index < -0.39 is 0 Å². The molecule has 1 atom stereocenters. The van der Waals surface area contributed by atoms with E-state index in [0.717, 1.165) is 24.3 Å². The minimum absolute atomic E-state index is 0.0710. The zero-order chi connectivity index (χ0) is 17.1. The van der Waals surface area contributed by atoms with E-state index in [9.17, 15) is 0 Å². The lowest BCUT2D eigenvalue weighted by molar-refractivity contribution is 0.00544. The average molecular weight is 323 g/mol. The molecule has 0 aliphatic carbocycles. The normalized spacial score (nSPS) is 13.1. The molecule has 0 saturated heterocycles. The monoisotopic (exact) mass is 323 g/mol. The summed E-state index contributed by atoms with van der Waals surface area (Å²) in [6, 6.07) is 7.58. The number of benzene rings is 1. The second-order valence-corrected chi connectivity index (χ2v) is 5.95. The molecule has 0 aromatic heterocycles. The Hall–Kier alpha value is -1.75. The summed E-state index contributed by atoms with van der Waals surface area (Å²) in [4.78, 5) is 5.14. The third kappa shape index (κ3) is 8.45. The highest BCUT2D eigenvalue weighted by Gasteiger charge is 2.15. The predicted molar refractivity (Wildman–Crippen MR) is 92.5 cm³/mol. The smallest absolute Gasteiger partial charge is 0.153 e. The molecule has 0 saturated carbocycles. The van der Waals surface area contributed by atoms with Gasteiger partial charge in [-0.2, -0.15) is 0 Å². The largest absolute Gasteiger partial charge is 0.493 e. The maximum absolute atomic E-state index is 5.75. The summed E-state index contributed by atoms with van der Waals surface area (Å²) in [5, 5.41) is 3.81. The molecule has 0 amide bonds. The van der Waals surface area contributed by atoms with E-state index in [-0.39, 0.29) is 11.7 Å². The number of hydrogen-bond donors (Lipinski definition) is 0. The number of ether oxygens (including phenoxy) is 3. The van der Waals surface area contributed by atoms with Crippen LogP contribution in [0.3, 0.4) is 0 Å². The maximum Gasteiger partial charge on any atom is 0.153 e. The van der Waals surface area contributed by atoms with Crippen molar-refractivity contribution in [1.82, 2.24) is 0 Å². The van der Waals surface area contributed by atoms with Crippen LogP contribution in [0.5, 0.6) is 11.5 Å². The summed E-state index contributed by atoms with van der Waals surface area (Å²) in [6.07, 6.45) is 3.34. The SMILES string of the molecule is CCC=NOCC(C)Oc1ccc(OCCC(C)(C)OC)cc1. The van der Waals surface area contributed by atoms with Gasteiger partial charge in [0.2, 0.25) is 0 Å². The van der Waals surface area contributed by atoms with Crippen LogP contribution in [0.1, 0.15) is 40.5 Å². The van der Waals surface area contributed by atoms with Gasteiger partial charge in [0, 0.05) is 19.7 Å². The van der Waals surface area contributed by atoms with Gasteiger partial charge in [-0.3, -0.25) is 0 Å². The van der Waals surface area contributed by atoms with E-state index in [1.54, 1.807) is 13.3 Å².